The molecular formula is C11H13N5O2S. The summed E-state index contributed by atoms with van der Waals surface area (Å²) in [5, 5.41) is 7.25. The van der Waals surface area contributed by atoms with Crippen LogP contribution in [0.1, 0.15) is 11.4 Å². The number of nitrogens with one attached hydrogen (secondary N) is 3. The molecule has 19 heavy (non-hydrogen) atoms. The Labute approximate surface area is 110 Å². The van der Waals surface area contributed by atoms with Crippen LogP contribution in [0.5, 0.6) is 0 Å². The van der Waals surface area contributed by atoms with Crippen LogP contribution in [0.4, 0.5) is 5.69 Å². The van der Waals surface area contributed by atoms with E-state index in [1.54, 1.807) is 19.1 Å². The fourth-order valence-corrected chi connectivity index (χ4v) is 2.49. The van der Waals surface area contributed by atoms with Gasteiger partial charge in [-0.25, -0.2) is 4.98 Å². The summed E-state index contributed by atoms with van der Waals surface area (Å²) in [5.74, 6) is 0.450. The molecular weight excluding hydrogens is 266 g/mol. The van der Waals surface area contributed by atoms with Crippen LogP contribution in [0.15, 0.2) is 35.5 Å². The third-order valence-corrected chi connectivity index (χ3v) is 3.71. The van der Waals surface area contributed by atoms with Gasteiger partial charge in [-0.3, -0.25) is 10.1 Å². The summed E-state index contributed by atoms with van der Waals surface area (Å²) >= 11 is 0. The van der Waals surface area contributed by atoms with Crippen molar-refractivity contribution in [3.8, 4) is 0 Å². The fraction of sp³-hybridized carbons (Fsp3) is 0.0909. The maximum atomic E-state index is 12.0. The van der Waals surface area contributed by atoms with Crippen LogP contribution in [0, 0.1) is 12.3 Å². The highest BCUT2D eigenvalue weighted by Gasteiger charge is 2.16. The molecule has 0 spiro atoms. The van der Waals surface area contributed by atoms with Gasteiger partial charge in [-0.2, -0.15) is 8.42 Å². The SMILES string of the molecule is Cc1ncc(S(=O)(=O)Nc2ccc(C(=N)N)cc2)[nH]1. The molecule has 0 saturated heterocycles. The molecule has 1 aromatic carbocycles. The normalized spacial score (nSPS) is 11.2. The molecule has 0 unspecified atom stereocenters. The van der Waals surface area contributed by atoms with E-state index in [2.05, 4.69) is 14.7 Å². The van der Waals surface area contributed by atoms with Crippen LogP contribution in [-0.2, 0) is 10.0 Å². The molecule has 0 saturated carbocycles. The lowest BCUT2D eigenvalue weighted by Gasteiger charge is -2.06. The number of H-pyrrole nitrogens is 1. The van der Waals surface area contributed by atoms with Gasteiger partial charge in [0.05, 0.1) is 6.20 Å². The number of hydrogen-bond donors (Lipinski definition) is 4. The number of imidazole rings is 1. The van der Waals surface area contributed by atoms with Gasteiger partial charge in [-0.05, 0) is 31.2 Å². The predicted molar refractivity (Wildman–Crippen MR) is 71.6 cm³/mol. The van der Waals surface area contributed by atoms with Gasteiger partial charge in [0.15, 0.2) is 5.03 Å². The predicted octanol–water partition coefficient (Wildman–Crippen LogP) is 0.803. The lowest BCUT2D eigenvalue weighted by atomic mass is 10.2. The number of anilines is 1. The molecule has 0 atom stereocenters. The first kappa shape index (κ1) is 13.1. The molecule has 5 N–H and O–H groups in total. The topological polar surface area (TPSA) is 125 Å². The van der Waals surface area contributed by atoms with Gasteiger partial charge < -0.3 is 10.7 Å². The van der Waals surface area contributed by atoms with Gasteiger partial charge in [-0.1, -0.05) is 0 Å². The van der Waals surface area contributed by atoms with Crippen LogP contribution in [0.2, 0.25) is 0 Å². The first-order chi connectivity index (χ1) is 8.88. The summed E-state index contributed by atoms with van der Waals surface area (Å²) in [5.41, 5.74) is 6.23. The maximum Gasteiger partial charge on any atom is 0.278 e. The Hall–Kier alpha value is -2.35. The number of nitrogens with zero attached hydrogens (tertiary/aromatic N) is 1. The molecule has 2 aromatic rings. The zero-order chi connectivity index (χ0) is 14.0. The first-order valence-corrected chi connectivity index (χ1v) is 6.86. The second kappa shape index (κ2) is 4.73. The second-order valence-corrected chi connectivity index (χ2v) is 5.58. The van der Waals surface area contributed by atoms with Crippen molar-refractivity contribution >= 4 is 21.5 Å². The van der Waals surface area contributed by atoms with Crippen molar-refractivity contribution in [3.05, 3.63) is 41.9 Å². The Morgan fingerprint density at radius 1 is 1.37 bits per heavy atom. The minimum atomic E-state index is -3.68. The highest BCUT2D eigenvalue weighted by Crippen LogP contribution is 2.15. The molecule has 100 valence electrons. The van der Waals surface area contributed by atoms with E-state index >= 15 is 0 Å². The summed E-state index contributed by atoms with van der Waals surface area (Å²) in [6.07, 6.45) is 1.25. The molecule has 0 bridgehead atoms. The summed E-state index contributed by atoms with van der Waals surface area (Å²) in [6.45, 7) is 1.67. The van der Waals surface area contributed by atoms with Gasteiger partial charge in [0.2, 0.25) is 0 Å². The van der Waals surface area contributed by atoms with Gasteiger partial charge in [-0.15, -0.1) is 0 Å². The number of nitrogen functional groups attached to an aromatic ring is 1. The molecule has 1 heterocycles. The summed E-state index contributed by atoms with van der Waals surface area (Å²) in [4.78, 5) is 6.49. The summed E-state index contributed by atoms with van der Waals surface area (Å²) in [6, 6.07) is 6.21. The standard InChI is InChI=1S/C11H13N5O2S/c1-7-14-6-10(15-7)19(17,18)16-9-4-2-8(3-5-9)11(12)13/h2-6,16H,1H3,(H3,12,13)(H,14,15). The molecule has 0 aliphatic carbocycles. The van der Waals surface area contributed by atoms with Gasteiger partial charge in [0, 0.05) is 11.3 Å². The Kier molecular flexibility index (Phi) is 3.26. The number of aryl methyl sites for hydroxylation is 1. The van der Waals surface area contributed by atoms with Crippen molar-refractivity contribution in [1.29, 1.82) is 5.41 Å². The average molecular weight is 279 g/mol. The number of aromatic nitrogens is 2. The number of nitrogens with two attached hydrogens (primary N) is 1. The Morgan fingerprint density at radius 3 is 2.47 bits per heavy atom. The molecule has 0 amide bonds. The van der Waals surface area contributed by atoms with Crippen LogP contribution in [0.3, 0.4) is 0 Å². The number of sulfonamides is 1. The average Bonchev–Trinajstić information content (AvgIpc) is 2.77. The quantitative estimate of drug-likeness (QED) is 0.488. The van der Waals surface area contributed by atoms with Crippen LogP contribution in [0.25, 0.3) is 0 Å². The third kappa shape index (κ3) is 2.91. The molecule has 2 rings (SSSR count). The van der Waals surface area contributed by atoms with Gasteiger partial charge in [0.1, 0.15) is 11.7 Å². The lowest BCUT2D eigenvalue weighted by molar-refractivity contribution is 0.598. The van der Waals surface area contributed by atoms with E-state index in [0.717, 1.165) is 0 Å². The van der Waals surface area contributed by atoms with E-state index in [1.165, 1.54) is 18.3 Å². The summed E-state index contributed by atoms with van der Waals surface area (Å²) < 4.78 is 26.4. The van der Waals surface area contributed by atoms with E-state index in [-0.39, 0.29) is 10.9 Å². The van der Waals surface area contributed by atoms with E-state index in [1.807, 2.05) is 0 Å². The van der Waals surface area contributed by atoms with Crippen molar-refractivity contribution in [1.82, 2.24) is 9.97 Å². The maximum absolute atomic E-state index is 12.0. The first-order valence-electron chi connectivity index (χ1n) is 5.37. The minimum absolute atomic E-state index is 0.000597. The Morgan fingerprint density at radius 2 is 2.00 bits per heavy atom. The smallest absolute Gasteiger partial charge is 0.278 e. The molecule has 0 aliphatic heterocycles. The Balaban J connectivity index is 2.23. The molecule has 0 fully saturated rings. The van der Waals surface area contributed by atoms with E-state index in [4.69, 9.17) is 11.1 Å². The monoisotopic (exact) mass is 279 g/mol. The van der Waals surface area contributed by atoms with Crippen molar-refractivity contribution in [2.45, 2.75) is 11.9 Å². The molecule has 1 aromatic heterocycles. The van der Waals surface area contributed by atoms with E-state index < -0.39 is 10.0 Å². The van der Waals surface area contributed by atoms with Crippen LogP contribution in [-0.4, -0.2) is 24.2 Å². The number of amidine groups is 1. The lowest BCUT2D eigenvalue weighted by Crippen LogP contribution is -2.14. The highest BCUT2D eigenvalue weighted by atomic mass is 32.2. The van der Waals surface area contributed by atoms with Crippen LogP contribution < -0.4 is 10.5 Å². The second-order valence-electron chi connectivity index (χ2n) is 3.93. The van der Waals surface area contributed by atoms with Crippen molar-refractivity contribution in [2.24, 2.45) is 5.73 Å². The number of benzene rings is 1. The molecule has 0 radical (unpaired) electrons. The molecule has 8 heteroatoms. The number of aromatic amines is 1. The number of hydrogen-bond acceptors (Lipinski definition) is 4. The fourth-order valence-electron chi connectivity index (χ4n) is 1.46. The third-order valence-electron chi connectivity index (χ3n) is 2.42. The summed E-state index contributed by atoms with van der Waals surface area (Å²) in [7, 11) is -3.68. The minimum Gasteiger partial charge on any atom is -0.384 e. The zero-order valence-corrected chi connectivity index (χ0v) is 11.0. The van der Waals surface area contributed by atoms with Crippen molar-refractivity contribution in [2.75, 3.05) is 4.72 Å². The molecule has 0 aliphatic rings. The van der Waals surface area contributed by atoms with Gasteiger partial charge >= 0.3 is 0 Å². The molecule has 7 nitrogen and oxygen atoms in total. The highest BCUT2D eigenvalue weighted by molar-refractivity contribution is 7.92. The number of rotatable bonds is 4. The van der Waals surface area contributed by atoms with Crippen LogP contribution >= 0.6 is 0 Å². The van der Waals surface area contributed by atoms with Gasteiger partial charge in [0.25, 0.3) is 10.0 Å². The van der Waals surface area contributed by atoms with Crippen molar-refractivity contribution < 1.29 is 8.42 Å². The Bertz CT molecular complexity index is 703. The zero-order valence-electron chi connectivity index (χ0n) is 10.1. The largest absolute Gasteiger partial charge is 0.384 e. The van der Waals surface area contributed by atoms with E-state index in [9.17, 15) is 8.42 Å². The van der Waals surface area contributed by atoms with Crippen molar-refractivity contribution in [3.63, 3.8) is 0 Å². The van der Waals surface area contributed by atoms with E-state index in [0.29, 0.717) is 17.1 Å².